The molecule has 138 valence electrons. The number of thiophene rings is 1. The van der Waals surface area contributed by atoms with Crippen LogP contribution in [0.2, 0.25) is 0 Å². The number of aryl methyl sites for hydroxylation is 1. The smallest absolute Gasteiger partial charge is 0.256 e. The van der Waals surface area contributed by atoms with Crippen LogP contribution < -0.4 is 10.6 Å². The van der Waals surface area contributed by atoms with Crippen LogP contribution in [-0.2, 0) is 0 Å². The van der Waals surface area contributed by atoms with Crippen LogP contribution in [0.3, 0.4) is 0 Å². The summed E-state index contributed by atoms with van der Waals surface area (Å²) >= 11 is 1.49. The fourth-order valence-corrected chi connectivity index (χ4v) is 3.29. The van der Waals surface area contributed by atoms with Gasteiger partial charge in [0.2, 0.25) is 5.95 Å². The van der Waals surface area contributed by atoms with Crippen LogP contribution in [0, 0.1) is 6.92 Å². The Morgan fingerprint density at radius 2 is 1.89 bits per heavy atom. The quantitative estimate of drug-likeness (QED) is 0.509. The highest BCUT2D eigenvalue weighted by atomic mass is 32.1. The molecule has 0 radical (unpaired) electrons. The number of carbonyl (C=O) groups is 1. The number of amides is 1. The minimum absolute atomic E-state index is 0.132. The predicted octanol–water partition coefficient (Wildman–Crippen LogP) is 4.90. The van der Waals surface area contributed by atoms with Crippen LogP contribution in [0.25, 0.3) is 11.3 Å². The van der Waals surface area contributed by atoms with E-state index < -0.39 is 0 Å². The molecule has 4 rings (SSSR count). The van der Waals surface area contributed by atoms with Gasteiger partial charge in [0.15, 0.2) is 0 Å². The number of rotatable bonds is 5. The lowest BCUT2D eigenvalue weighted by Gasteiger charge is -2.12. The van der Waals surface area contributed by atoms with E-state index in [4.69, 9.17) is 0 Å². The maximum absolute atomic E-state index is 12.3. The monoisotopic (exact) mass is 387 g/mol. The van der Waals surface area contributed by atoms with Gasteiger partial charge in [-0.1, -0.05) is 6.07 Å². The number of carbonyl (C=O) groups excluding carboxylic acids is 1. The van der Waals surface area contributed by atoms with E-state index in [-0.39, 0.29) is 5.91 Å². The number of nitrogens with one attached hydrogen (secondary N) is 2. The first-order valence-corrected chi connectivity index (χ1v) is 9.58. The molecule has 0 aliphatic heterocycles. The molecule has 4 aromatic rings. The van der Waals surface area contributed by atoms with Crippen molar-refractivity contribution in [2.45, 2.75) is 6.92 Å². The Bertz CT molecular complexity index is 1100. The molecule has 0 aliphatic rings. The Balaban J connectivity index is 1.56. The summed E-state index contributed by atoms with van der Waals surface area (Å²) in [6.07, 6.45) is 5.17. The van der Waals surface area contributed by atoms with Gasteiger partial charge in [0.05, 0.1) is 11.3 Å². The SMILES string of the molecule is Cc1ccc(NC(=O)c2ccsc2)cc1Nc1nccc(-c2ccncc2)n1. The van der Waals surface area contributed by atoms with Crippen molar-refractivity contribution in [1.82, 2.24) is 15.0 Å². The highest BCUT2D eigenvalue weighted by Crippen LogP contribution is 2.24. The van der Waals surface area contributed by atoms with Crippen LogP contribution in [0.5, 0.6) is 0 Å². The minimum Gasteiger partial charge on any atom is -0.324 e. The second kappa shape index (κ2) is 7.98. The van der Waals surface area contributed by atoms with Gasteiger partial charge in [0.1, 0.15) is 0 Å². The van der Waals surface area contributed by atoms with Crippen LogP contribution in [0.1, 0.15) is 15.9 Å². The summed E-state index contributed by atoms with van der Waals surface area (Å²) in [5.41, 5.74) is 4.97. The van der Waals surface area contributed by atoms with E-state index >= 15 is 0 Å². The fraction of sp³-hybridized carbons (Fsp3) is 0.0476. The van der Waals surface area contributed by atoms with E-state index in [0.29, 0.717) is 17.2 Å². The van der Waals surface area contributed by atoms with E-state index in [2.05, 4.69) is 25.6 Å². The molecule has 1 amide bonds. The third-order valence-corrected chi connectivity index (χ3v) is 4.84. The Hall–Kier alpha value is -3.58. The molecule has 1 aromatic carbocycles. The highest BCUT2D eigenvalue weighted by Gasteiger charge is 2.09. The second-order valence-electron chi connectivity index (χ2n) is 6.12. The zero-order chi connectivity index (χ0) is 19.3. The molecule has 0 unspecified atom stereocenters. The average molecular weight is 387 g/mol. The van der Waals surface area contributed by atoms with Crippen molar-refractivity contribution in [3.63, 3.8) is 0 Å². The van der Waals surface area contributed by atoms with E-state index in [1.54, 1.807) is 24.7 Å². The fourth-order valence-electron chi connectivity index (χ4n) is 2.65. The third-order valence-electron chi connectivity index (χ3n) is 4.16. The largest absolute Gasteiger partial charge is 0.324 e. The minimum atomic E-state index is -0.132. The molecule has 0 saturated heterocycles. The lowest BCUT2D eigenvalue weighted by molar-refractivity contribution is 0.102. The zero-order valence-corrected chi connectivity index (χ0v) is 15.9. The molecule has 7 heteroatoms. The van der Waals surface area contributed by atoms with Crippen molar-refractivity contribution in [3.8, 4) is 11.3 Å². The number of aromatic nitrogens is 3. The van der Waals surface area contributed by atoms with Gasteiger partial charge in [-0.15, -0.1) is 0 Å². The summed E-state index contributed by atoms with van der Waals surface area (Å²) in [6, 6.07) is 13.1. The van der Waals surface area contributed by atoms with Crippen molar-refractivity contribution in [2.24, 2.45) is 0 Å². The highest BCUT2D eigenvalue weighted by molar-refractivity contribution is 7.08. The summed E-state index contributed by atoms with van der Waals surface area (Å²) in [6.45, 7) is 1.99. The van der Waals surface area contributed by atoms with E-state index in [1.165, 1.54) is 11.3 Å². The molecule has 2 N–H and O–H groups in total. The van der Waals surface area contributed by atoms with Crippen molar-refractivity contribution >= 4 is 34.6 Å². The molecule has 0 spiro atoms. The maximum atomic E-state index is 12.3. The topological polar surface area (TPSA) is 79.8 Å². The van der Waals surface area contributed by atoms with Gasteiger partial charge in [0, 0.05) is 40.9 Å². The molecule has 3 aromatic heterocycles. The van der Waals surface area contributed by atoms with Crippen LogP contribution >= 0.6 is 11.3 Å². The molecule has 0 bridgehead atoms. The van der Waals surface area contributed by atoms with Gasteiger partial charge in [-0.05, 0) is 54.3 Å². The summed E-state index contributed by atoms with van der Waals surface area (Å²) in [5, 5.41) is 9.86. The number of nitrogens with zero attached hydrogens (tertiary/aromatic N) is 3. The molecule has 0 atom stereocenters. The van der Waals surface area contributed by atoms with Crippen LogP contribution in [0.4, 0.5) is 17.3 Å². The molecule has 28 heavy (non-hydrogen) atoms. The van der Waals surface area contributed by atoms with Crippen LogP contribution in [0.15, 0.2) is 71.8 Å². The lowest BCUT2D eigenvalue weighted by atomic mass is 10.1. The maximum Gasteiger partial charge on any atom is 0.256 e. The summed E-state index contributed by atoms with van der Waals surface area (Å²) in [5.74, 6) is 0.353. The Morgan fingerprint density at radius 1 is 1.04 bits per heavy atom. The Kier molecular flexibility index (Phi) is 5.07. The van der Waals surface area contributed by atoms with Crippen molar-refractivity contribution < 1.29 is 4.79 Å². The molecule has 0 aliphatic carbocycles. The zero-order valence-electron chi connectivity index (χ0n) is 15.1. The first-order valence-electron chi connectivity index (χ1n) is 8.64. The third kappa shape index (κ3) is 4.05. The van der Waals surface area contributed by atoms with Crippen molar-refractivity contribution in [1.29, 1.82) is 0 Å². The molecule has 6 nitrogen and oxygen atoms in total. The van der Waals surface area contributed by atoms with Gasteiger partial charge in [-0.2, -0.15) is 11.3 Å². The number of hydrogen-bond donors (Lipinski definition) is 2. The van der Waals surface area contributed by atoms with Gasteiger partial charge in [0.25, 0.3) is 5.91 Å². The van der Waals surface area contributed by atoms with Gasteiger partial charge >= 0.3 is 0 Å². The Morgan fingerprint density at radius 3 is 2.68 bits per heavy atom. The predicted molar refractivity (Wildman–Crippen MR) is 112 cm³/mol. The number of hydrogen-bond acceptors (Lipinski definition) is 6. The first kappa shape index (κ1) is 17.8. The van der Waals surface area contributed by atoms with E-state index in [1.807, 2.05) is 54.1 Å². The normalized spacial score (nSPS) is 10.5. The average Bonchev–Trinajstić information content (AvgIpc) is 3.26. The van der Waals surface area contributed by atoms with Crippen molar-refractivity contribution in [2.75, 3.05) is 10.6 Å². The molecule has 0 fully saturated rings. The first-order chi connectivity index (χ1) is 13.7. The van der Waals surface area contributed by atoms with Crippen molar-refractivity contribution in [3.05, 3.63) is 82.9 Å². The molecule has 3 heterocycles. The standard InChI is InChI=1S/C21H17N5OS/c1-14-2-3-17(24-20(27)16-7-11-28-13-16)12-19(14)26-21-23-10-6-18(25-21)15-4-8-22-9-5-15/h2-13H,1H3,(H,24,27)(H,23,25,26). The van der Waals surface area contributed by atoms with Crippen LogP contribution in [-0.4, -0.2) is 20.9 Å². The Labute approximate surface area is 166 Å². The van der Waals surface area contributed by atoms with E-state index in [9.17, 15) is 4.79 Å². The van der Waals surface area contributed by atoms with Gasteiger partial charge < -0.3 is 10.6 Å². The van der Waals surface area contributed by atoms with Gasteiger partial charge in [-0.3, -0.25) is 9.78 Å². The molecular weight excluding hydrogens is 370 g/mol. The molecular formula is C21H17N5OS. The summed E-state index contributed by atoms with van der Waals surface area (Å²) in [7, 11) is 0. The number of pyridine rings is 1. The molecule has 0 saturated carbocycles. The van der Waals surface area contributed by atoms with Gasteiger partial charge in [-0.25, -0.2) is 9.97 Å². The summed E-state index contributed by atoms with van der Waals surface area (Å²) in [4.78, 5) is 25.2. The number of benzene rings is 1. The number of anilines is 3. The summed E-state index contributed by atoms with van der Waals surface area (Å²) < 4.78 is 0. The lowest BCUT2D eigenvalue weighted by Crippen LogP contribution is -2.11. The second-order valence-corrected chi connectivity index (χ2v) is 6.90. The van der Waals surface area contributed by atoms with E-state index in [0.717, 1.165) is 22.5 Å².